The molecule has 4 unspecified atom stereocenters. The minimum atomic E-state index is -0.510. The molecule has 0 amide bonds. The average molecular weight is 294 g/mol. The van der Waals surface area contributed by atoms with E-state index in [4.69, 9.17) is 14.2 Å². The van der Waals surface area contributed by atoms with Crippen LogP contribution in [0.1, 0.15) is 52.4 Å². The molecule has 2 heterocycles. The molecule has 2 saturated heterocycles. The molecular weight excluding hydrogens is 272 g/mol. The van der Waals surface area contributed by atoms with Gasteiger partial charge in [0.05, 0.1) is 11.8 Å². The van der Waals surface area contributed by atoms with E-state index in [1.165, 1.54) is 0 Å². The average Bonchev–Trinajstić information content (AvgIpc) is 3.23. The van der Waals surface area contributed by atoms with Crippen LogP contribution in [0.4, 0.5) is 0 Å². The van der Waals surface area contributed by atoms with E-state index < -0.39 is 5.79 Å². The summed E-state index contributed by atoms with van der Waals surface area (Å²) in [6.07, 6.45) is 5.35. The van der Waals surface area contributed by atoms with Crippen LogP contribution in [0, 0.1) is 23.7 Å². The minimum Gasteiger partial charge on any atom is -0.393 e. The summed E-state index contributed by atoms with van der Waals surface area (Å²) in [5.41, 5.74) is 0. The smallest absolute Gasteiger partial charge is 0.317 e. The lowest BCUT2D eigenvalue weighted by atomic mass is 9.79. The van der Waals surface area contributed by atoms with Gasteiger partial charge >= 0.3 is 11.9 Å². The second kappa shape index (κ2) is 4.29. The number of esters is 2. The molecule has 21 heavy (non-hydrogen) atoms. The number of carbonyl (C=O) groups is 2. The van der Waals surface area contributed by atoms with Crippen molar-refractivity contribution in [3.63, 3.8) is 0 Å². The summed E-state index contributed by atoms with van der Waals surface area (Å²) >= 11 is 0. The van der Waals surface area contributed by atoms with Crippen molar-refractivity contribution in [2.75, 3.05) is 0 Å². The predicted molar refractivity (Wildman–Crippen MR) is 71.7 cm³/mol. The van der Waals surface area contributed by atoms with E-state index in [1.807, 2.05) is 6.92 Å². The van der Waals surface area contributed by atoms with E-state index >= 15 is 0 Å². The quantitative estimate of drug-likeness (QED) is 0.444. The summed E-state index contributed by atoms with van der Waals surface area (Å²) in [7, 11) is 0. The summed E-state index contributed by atoms with van der Waals surface area (Å²) < 4.78 is 16.2. The second-order valence-corrected chi connectivity index (χ2v) is 7.31. The highest BCUT2D eigenvalue weighted by molar-refractivity contribution is 5.88. The SMILES string of the molecule is CC1CCCCC1C(=O)OC(=O)C1CC23OC2(CC1C)O3. The first-order valence-electron chi connectivity index (χ1n) is 8.12. The maximum absolute atomic E-state index is 12.3. The Morgan fingerprint density at radius 2 is 1.52 bits per heavy atom. The molecule has 0 aromatic heterocycles. The Morgan fingerprint density at radius 3 is 2.24 bits per heavy atom. The van der Waals surface area contributed by atoms with Gasteiger partial charge in [-0.2, -0.15) is 0 Å². The lowest BCUT2D eigenvalue weighted by Crippen LogP contribution is -2.35. The standard InChI is InChI=1S/C16H22O5/c1-9-5-3-4-6-11(9)13(17)19-14(18)12-8-16-15(20-16,21-16)7-10(12)2/h9-12H,3-8H2,1-2H3. The van der Waals surface area contributed by atoms with Gasteiger partial charge in [0.25, 0.3) is 0 Å². The van der Waals surface area contributed by atoms with E-state index in [0.29, 0.717) is 12.3 Å². The maximum atomic E-state index is 12.3. The zero-order chi connectivity index (χ0) is 14.8. The fourth-order valence-electron chi connectivity index (χ4n) is 4.26. The fraction of sp³-hybridized carbons (Fsp3) is 0.875. The molecule has 2 saturated carbocycles. The molecule has 4 rings (SSSR count). The molecule has 5 heteroatoms. The largest absolute Gasteiger partial charge is 0.393 e. The number of rotatable bonds is 2. The number of hydrogen-bond acceptors (Lipinski definition) is 5. The first-order valence-corrected chi connectivity index (χ1v) is 8.12. The Labute approximate surface area is 124 Å². The van der Waals surface area contributed by atoms with Crippen LogP contribution in [0.2, 0.25) is 0 Å². The highest BCUT2D eigenvalue weighted by Crippen LogP contribution is 2.75. The van der Waals surface area contributed by atoms with Crippen LogP contribution in [0.25, 0.3) is 0 Å². The molecule has 2 aliphatic carbocycles. The van der Waals surface area contributed by atoms with Crippen LogP contribution in [0.5, 0.6) is 0 Å². The lowest BCUT2D eigenvalue weighted by Gasteiger charge is -2.28. The lowest BCUT2D eigenvalue weighted by molar-refractivity contribution is -0.169. The minimum absolute atomic E-state index is 0.117. The molecule has 0 aromatic carbocycles. The van der Waals surface area contributed by atoms with Gasteiger partial charge in [-0.3, -0.25) is 9.59 Å². The monoisotopic (exact) mass is 294 g/mol. The zero-order valence-electron chi connectivity index (χ0n) is 12.6. The van der Waals surface area contributed by atoms with E-state index in [2.05, 4.69) is 6.92 Å². The third-order valence-corrected chi connectivity index (χ3v) is 5.84. The van der Waals surface area contributed by atoms with Gasteiger partial charge in [0, 0.05) is 12.8 Å². The molecule has 0 radical (unpaired) electrons. The van der Waals surface area contributed by atoms with Gasteiger partial charge in [0.2, 0.25) is 11.6 Å². The van der Waals surface area contributed by atoms with Crippen molar-refractivity contribution in [3.8, 4) is 0 Å². The first kappa shape index (κ1) is 13.7. The van der Waals surface area contributed by atoms with Gasteiger partial charge in [-0.1, -0.05) is 26.7 Å². The molecule has 4 fully saturated rings. The summed E-state index contributed by atoms with van der Waals surface area (Å²) in [6, 6.07) is 0. The van der Waals surface area contributed by atoms with Crippen molar-refractivity contribution < 1.29 is 23.8 Å². The highest BCUT2D eigenvalue weighted by atomic mass is 17.0. The summed E-state index contributed by atoms with van der Waals surface area (Å²) in [4.78, 5) is 24.6. The molecule has 116 valence electrons. The Hall–Kier alpha value is -0.940. The van der Waals surface area contributed by atoms with Crippen LogP contribution in [-0.4, -0.2) is 23.5 Å². The maximum Gasteiger partial charge on any atom is 0.317 e. The topological polar surface area (TPSA) is 68.4 Å². The van der Waals surface area contributed by atoms with Crippen molar-refractivity contribution in [1.29, 1.82) is 0 Å². The molecule has 2 aliphatic heterocycles. The van der Waals surface area contributed by atoms with Gasteiger partial charge in [-0.05, 0) is 24.7 Å². The van der Waals surface area contributed by atoms with Gasteiger partial charge in [0.1, 0.15) is 0 Å². The van der Waals surface area contributed by atoms with Crippen LogP contribution in [-0.2, 0) is 23.8 Å². The normalized spacial score (nSPS) is 50.6. The van der Waals surface area contributed by atoms with Gasteiger partial charge < -0.3 is 14.2 Å². The van der Waals surface area contributed by atoms with Crippen molar-refractivity contribution >= 4 is 11.9 Å². The molecule has 0 N–H and O–H groups in total. The molecule has 4 atom stereocenters. The second-order valence-electron chi connectivity index (χ2n) is 7.31. The third-order valence-electron chi connectivity index (χ3n) is 5.84. The van der Waals surface area contributed by atoms with Crippen molar-refractivity contribution in [1.82, 2.24) is 0 Å². The molecule has 4 aliphatic rings. The van der Waals surface area contributed by atoms with Crippen LogP contribution >= 0.6 is 0 Å². The molecule has 0 aromatic rings. The number of epoxide rings is 2. The Morgan fingerprint density at radius 1 is 0.905 bits per heavy atom. The Bertz CT molecular complexity index is 493. The van der Waals surface area contributed by atoms with Gasteiger partial charge in [-0.15, -0.1) is 0 Å². The van der Waals surface area contributed by atoms with Crippen LogP contribution in [0.3, 0.4) is 0 Å². The fourth-order valence-corrected chi connectivity index (χ4v) is 4.26. The Balaban J connectivity index is 1.38. The van der Waals surface area contributed by atoms with E-state index in [1.54, 1.807) is 0 Å². The zero-order valence-corrected chi connectivity index (χ0v) is 12.6. The number of carbonyl (C=O) groups excluding carboxylic acids is 2. The molecule has 0 spiro atoms. The summed E-state index contributed by atoms with van der Waals surface area (Å²) in [5.74, 6) is -1.57. The number of ether oxygens (including phenoxy) is 3. The Kier molecular flexibility index (Phi) is 2.80. The van der Waals surface area contributed by atoms with Gasteiger partial charge in [0.15, 0.2) is 0 Å². The summed E-state index contributed by atoms with van der Waals surface area (Å²) in [5, 5.41) is 0. The summed E-state index contributed by atoms with van der Waals surface area (Å²) in [6.45, 7) is 4.07. The van der Waals surface area contributed by atoms with Crippen molar-refractivity contribution in [2.45, 2.75) is 63.9 Å². The highest BCUT2D eigenvalue weighted by Gasteiger charge is 2.92. The van der Waals surface area contributed by atoms with Gasteiger partial charge in [-0.25, -0.2) is 0 Å². The first-order chi connectivity index (χ1) is 9.96. The van der Waals surface area contributed by atoms with Crippen molar-refractivity contribution in [2.24, 2.45) is 23.7 Å². The molecular formula is C16H22O5. The molecule has 5 nitrogen and oxygen atoms in total. The predicted octanol–water partition coefficient (Wildman–Crippen LogP) is 2.38. The van der Waals surface area contributed by atoms with E-state index in [0.717, 1.165) is 32.1 Å². The molecule has 0 bridgehead atoms. The van der Waals surface area contributed by atoms with Crippen LogP contribution in [0.15, 0.2) is 0 Å². The van der Waals surface area contributed by atoms with E-state index in [9.17, 15) is 9.59 Å². The van der Waals surface area contributed by atoms with Crippen molar-refractivity contribution in [3.05, 3.63) is 0 Å². The van der Waals surface area contributed by atoms with E-state index in [-0.39, 0.29) is 35.5 Å². The van der Waals surface area contributed by atoms with Crippen LogP contribution < -0.4 is 0 Å². The third kappa shape index (κ3) is 1.97. The number of hydrogen-bond donors (Lipinski definition) is 0.